The molecule has 0 bridgehead atoms. The molecule has 2 aromatic rings. The van der Waals surface area contributed by atoms with E-state index in [1.54, 1.807) is 0 Å². The highest BCUT2D eigenvalue weighted by molar-refractivity contribution is 5.48. The molecule has 0 amide bonds. The summed E-state index contributed by atoms with van der Waals surface area (Å²) in [6.45, 7) is 3.68. The summed E-state index contributed by atoms with van der Waals surface area (Å²) in [4.78, 5) is 4.79. The van der Waals surface area contributed by atoms with Crippen LogP contribution in [0, 0.1) is 0 Å². The van der Waals surface area contributed by atoms with E-state index in [1.807, 2.05) is 0 Å². The molecule has 140 valence electrons. The molecule has 1 saturated heterocycles. The van der Waals surface area contributed by atoms with Crippen LogP contribution in [0.5, 0.6) is 0 Å². The number of hydrogen-bond acceptors (Lipinski definition) is 3. The second-order valence-electron chi connectivity index (χ2n) is 7.47. The van der Waals surface area contributed by atoms with Gasteiger partial charge in [0.15, 0.2) is 0 Å². The number of ether oxygens (including phenoxy) is 1. The van der Waals surface area contributed by atoms with E-state index in [2.05, 4.69) is 78.5 Å². The van der Waals surface area contributed by atoms with Crippen LogP contribution in [0.1, 0.15) is 24.0 Å². The van der Waals surface area contributed by atoms with Gasteiger partial charge in [0.2, 0.25) is 0 Å². The van der Waals surface area contributed by atoms with Crippen LogP contribution in [-0.4, -0.2) is 51.3 Å². The van der Waals surface area contributed by atoms with Gasteiger partial charge in [-0.25, -0.2) is 0 Å². The molecule has 0 aromatic heterocycles. The van der Waals surface area contributed by atoms with E-state index in [0.29, 0.717) is 6.04 Å². The lowest BCUT2D eigenvalue weighted by Crippen LogP contribution is -2.36. The van der Waals surface area contributed by atoms with E-state index < -0.39 is 0 Å². The van der Waals surface area contributed by atoms with Crippen LogP contribution in [0.25, 0.3) is 0 Å². The van der Waals surface area contributed by atoms with Crippen molar-refractivity contribution in [3.05, 3.63) is 65.7 Å². The Morgan fingerprint density at radius 1 is 0.923 bits per heavy atom. The van der Waals surface area contributed by atoms with Gasteiger partial charge in [-0.15, -0.1) is 0 Å². The first-order valence-corrected chi connectivity index (χ1v) is 9.84. The SMILES string of the molecule is CN(C)C(CCCc1ccccc1)Cc1ccc(N2CCOCC2)cc1. The Bertz CT molecular complexity index is 633. The molecule has 3 nitrogen and oxygen atoms in total. The molecule has 2 aromatic carbocycles. The van der Waals surface area contributed by atoms with Crippen LogP contribution in [0.2, 0.25) is 0 Å². The Kier molecular flexibility index (Phi) is 7.10. The van der Waals surface area contributed by atoms with Gasteiger partial charge < -0.3 is 14.5 Å². The van der Waals surface area contributed by atoms with Crippen molar-refractivity contribution in [2.75, 3.05) is 45.3 Å². The van der Waals surface area contributed by atoms with E-state index in [4.69, 9.17) is 4.74 Å². The number of hydrogen-bond donors (Lipinski definition) is 0. The highest BCUT2D eigenvalue weighted by Gasteiger charge is 2.14. The Labute approximate surface area is 158 Å². The van der Waals surface area contributed by atoms with Crippen LogP contribution >= 0.6 is 0 Å². The van der Waals surface area contributed by atoms with Crippen molar-refractivity contribution in [3.8, 4) is 0 Å². The molecule has 1 heterocycles. The van der Waals surface area contributed by atoms with Crippen molar-refractivity contribution in [1.29, 1.82) is 0 Å². The van der Waals surface area contributed by atoms with Gasteiger partial charge in [0.25, 0.3) is 0 Å². The molecule has 1 atom stereocenters. The number of rotatable bonds is 8. The Morgan fingerprint density at radius 2 is 1.62 bits per heavy atom. The third-order valence-electron chi connectivity index (χ3n) is 5.36. The molecule has 1 aliphatic rings. The maximum atomic E-state index is 5.45. The van der Waals surface area contributed by atoms with Gasteiger partial charge in [-0.05, 0) is 63.0 Å². The highest BCUT2D eigenvalue weighted by atomic mass is 16.5. The minimum Gasteiger partial charge on any atom is -0.378 e. The lowest BCUT2D eigenvalue weighted by molar-refractivity contribution is 0.122. The molecule has 0 N–H and O–H groups in total. The monoisotopic (exact) mass is 352 g/mol. The van der Waals surface area contributed by atoms with E-state index in [-0.39, 0.29) is 0 Å². The number of likely N-dealkylation sites (N-methyl/N-ethyl adjacent to an activating group) is 1. The average Bonchev–Trinajstić information content (AvgIpc) is 2.69. The second-order valence-corrected chi connectivity index (χ2v) is 7.47. The molecule has 1 unspecified atom stereocenters. The fourth-order valence-corrected chi connectivity index (χ4v) is 3.67. The molecule has 0 aliphatic carbocycles. The zero-order valence-electron chi connectivity index (χ0n) is 16.2. The summed E-state index contributed by atoms with van der Waals surface area (Å²) in [5, 5.41) is 0. The van der Waals surface area contributed by atoms with E-state index in [1.165, 1.54) is 36.1 Å². The first-order chi connectivity index (χ1) is 12.7. The average molecular weight is 353 g/mol. The standard InChI is InChI=1S/C23H32N2O/c1-24(2)23(10-6-9-20-7-4-3-5-8-20)19-21-11-13-22(14-12-21)25-15-17-26-18-16-25/h3-5,7-8,11-14,23H,6,9-10,15-19H2,1-2H3. The first-order valence-electron chi connectivity index (χ1n) is 9.84. The van der Waals surface area contributed by atoms with Crippen molar-refractivity contribution in [2.24, 2.45) is 0 Å². The molecule has 26 heavy (non-hydrogen) atoms. The maximum absolute atomic E-state index is 5.45. The van der Waals surface area contributed by atoms with E-state index >= 15 is 0 Å². The van der Waals surface area contributed by atoms with Gasteiger partial charge in [-0.3, -0.25) is 0 Å². The summed E-state index contributed by atoms with van der Waals surface area (Å²) in [6.07, 6.45) is 4.75. The van der Waals surface area contributed by atoms with Crippen molar-refractivity contribution in [3.63, 3.8) is 0 Å². The first kappa shape index (κ1) is 18.9. The van der Waals surface area contributed by atoms with Crippen molar-refractivity contribution < 1.29 is 4.74 Å². The summed E-state index contributed by atoms with van der Waals surface area (Å²) < 4.78 is 5.45. The predicted molar refractivity (Wildman–Crippen MR) is 110 cm³/mol. The minimum absolute atomic E-state index is 0.591. The third kappa shape index (κ3) is 5.58. The largest absolute Gasteiger partial charge is 0.378 e. The van der Waals surface area contributed by atoms with Crippen molar-refractivity contribution in [1.82, 2.24) is 4.90 Å². The Hall–Kier alpha value is -1.84. The van der Waals surface area contributed by atoms with Gasteiger partial charge in [0, 0.05) is 24.8 Å². The van der Waals surface area contributed by atoms with Crippen LogP contribution in [0.15, 0.2) is 54.6 Å². The summed E-state index contributed by atoms with van der Waals surface area (Å²) in [6, 6.07) is 20.6. The predicted octanol–water partition coefficient (Wildman–Crippen LogP) is 4.02. The van der Waals surface area contributed by atoms with E-state index in [9.17, 15) is 0 Å². The quantitative estimate of drug-likeness (QED) is 0.714. The smallest absolute Gasteiger partial charge is 0.0642 e. The maximum Gasteiger partial charge on any atom is 0.0642 e. The van der Waals surface area contributed by atoms with Crippen molar-refractivity contribution in [2.45, 2.75) is 31.7 Å². The topological polar surface area (TPSA) is 15.7 Å². The van der Waals surface area contributed by atoms with Gasteiger partial charge in [0.1, 0.15) is 0 Å². The Morgan fingerprint density at radius 3 is 2.27 bits per heavy atom. The zero-order valence-corrected chi connectivity index (χ0v) is 16.2. The van der Waals surface area contributed by atoms with Crippen LogP contribution in [-0.2, 0) is 17.6 Å². The molecule has 1 fully saturated rings. The number of nitrogens with zero attached hydrogens (tertiary/aromatic N) is 2. The van der Waals surface area contributed by atoms with Gasteiger partial charge >= 0.3 is 0 Å². The molecule has 0 radical (unpaired) electrons. The number of anilines is 1. The van der Waals surface area contributed by atoms with E-state index in [0.717, 1.165) is 32.7 Å². The number of aryl methyl sites for hydroxylation is 1. The van der Waals surface area contributed by atoms with Gasteiger partial charge in [-0.1, -0.05) is 42.5 Å². The minimum atomic E-state index is 0.591. The fraction of sp³-hybridized carbons (Fsp3) is 0.478. The van der Waals surface area contributed by atoms with Crippen LogP contribution < -0.4 is 4.90 Å². The molecular weight excluding hydrogens is 320 g/mol. The summed E-state index contributed by atoms with van der Waals surface area (Å²) in [5.41, 5.74) is 4.20. The molecule has 0 saturated carbocycles. The second kappa shape index (κ2) is 9.75. The summed E-state index contributed by atoms with van der Waals surface area (Å²) in [5.74, 6) is 0. The molecular formula is C23H32N2O. The van der Waals surface area contributed by atoms with Gasteiger partial charge in [0.05, 0.1) is 13.2 Å². The number of benzene rings is 2. The molecule has 0 spiro atoms. The van der Waals surface area contributed by atoms with Crippen LogP contribution in [0.4, 0.5) is 5.69 Å². The summed E-state index contributed by atoms with van der Waals surface area (Å²) in [7, 11) is 4.41. The molecule has 3 heteroatoms. The number of morpholine rings is 1. The lowest BCUT2D eigenvalue weighted by atomic mass is 9.98. The zero-order chi connectivity index (χ0) is 18.2. The van der Waals surface area contributed by atoms with Crippen LogP contribution in [0.3, 0.4) is 0 Å². The van der Waals surface area contributed by atoms with Gasteiger partial charge in [-0.2, -0.15) is 0 Å². The normalized spacial score (nSPS) is 16.0. The fourth-order valence-electron chi connectivity index (χ4n) is 3.67. The highest BCUT2D eigenvalue weighted by Crippen LogP contribution is 2.19. The lowest BCUT2D eigenvalue weighted by Gasteiger charge is -2.29. The Balaban J connectivity index is 1.52. The third-order valence-corrected chi connectivity index (χ3v) is 5.36. The van der Waals surface area contributed by atoms with Crippen molar-refractivity contribution >= 4 is 5.69 Å². The molecule has 3 rings (SSSR count). The summed E-state index contributed by atoms with van der Waals surface area (Å²) >= 11 is 0. The molecule has 1 aliphatic heterocycles.